The van der Waals surface area contributed by atoms with Crippen molar-refractivity contribution < 1.29 is 22.7 Å². The summed E-state index contributed by atoms with van der Waals surface area (Å²) >= 11 is 0. The van der Waals surface area contributed by atoms with Gasteiger partial charge in [-0.3, -0.25) is 4.79 Å². The average Bonchev–Trinajstić information content (AvgIpc) is 2.14. The molecule has 0 aliphatic carbocycles. The summed E-state index contributed by atoms with van der Waals surface area (Å²) in [6.07, 6.45) is -4.46. The number of anilines is 1. The predicted octanol–water partition coefficient (Wildman–Crippen LogP) is 1.31. The zero-order valence-electron chi connectivity index (χ0n) is 8.04. The molecule has 4 N–H and O–H groups in total. The number of benzene rings is 1. The van der Waals surface area contributed by atoms with Crippen LogP contribution in [0.5, 0.6) is 5.75 Å². The van der Waals surface area contributed by atoms with E-state index in [9.17, 15) is 18.0 Å². The summed E-state index contributed by atoms with van der Waals surface area (Å²) in [7, 11) is 0. The first-order valence-corrected chi connectivity index (χ1v) is 4.19. The highest BCUT2D eigenvalue weighted by Crippen LogP contribution is 2.26. The number of nitrogens with two attached hydrogens (primary N) is 2. The van der Waals surface area contributed by atoms with Gasteiger partial charge in [0.2, 0.25) is 0 Å². The van der Waals surface area contributed by atoms with Gasteiger partial charge in [0.1, 0.15) is 5.75 Å². The first-order valence-electron chi connectivity index (χ1n) is 4.19. The van der Waals surface area contributed by atoms with Crippen LogP contribution < -0.4 is 16.2 Å². The molecule has 0 unspecified atom stereocenters. The van der Waals surface area contributed by atoms with Crippen LogP contribution in [0.15, 0.2) is 18.2 Å². The molecule has 0 spiro atoms. The van der Waals surface area contributed by atoms with Gasteiger partial charge < -0.3 is 16.2 Å². The minimum Gasteiger partial charge on any atom is -0.482 e. The summed E-state index contributed by atoms with van der Waals surface area (Å²) in [5.74, 6) is -1.04. The van der Waals surface area contributed by atoms with E-state index in [1.54, 1.807) is 0 Å². The second kappa shape index (κ2) is 4.30. The van der Waals surface area contributed by atoms with Crippen molar-refractivity contribution in [1.29, 1.82) is 0 Å². The summed E-state index contributed by atoms with van der Waals surface area (Å²) < 4.78 is 40.1. The van der Waals surface area contributed by atoms with Crippen molar-refractivity contribution in [3.05, 3.63) is 23.8 Å². The molecule has 1 rings (SSSR count). The molecule has 7 heteroatoms. The molecule has 16 heavy (non-hydrogen) atoms. The maximum Gasteiger partial charge on any atom is 0.422 e. The molecule has 4 nitrogen and oxygen atoms in total. The summed E-state index contributed by atoms with van der Waals surface area (Å²) in [6.45, 7) is -1.47. The Bertz CT molecular complexity index is 404. The maximum absolute atomic E-state index is 11.9. The van der Waals surface area contributed by atoms with E-state index in [1.165, 1.54) is 18.2 Å². The zero-order valence-corrected chi connectivity index (χ0v) is 8.04. The third-order valence-corrected chi connectivity index (χ3v) is 1.72. The first-order chi connectivity index (χ1) is 7.31. The van der Waals surface area contributed by atoms with E-state index in [-0.39, 0.29) is 17.0 Å². The Morgan fingerprint density at radius 2 is 2.00 bits per heavy atom. The molecule has 0 aliphatic heterocycles. The van der Waals surface area contributed by atoms with Crippen LogP contribution in [0.1, 0.15) is 10.4 Å². The highest BCUT2D eigenvalue weighted by molar-refractivity contribution is 5.99. The average molecular weight is 234 g/mol. The van der Waals surface area contributed by atoms with Gasteiger partial charge in [0, 0.05) is 0 Å². The number of hydrogen-bond acceptors (Lipinski definition) is 3. The third kappa shape index (κ3) is 3.04. The molecule has 1 aromatic carbocycles. The van der Waals surface area contributed by atoms with E-state index in [4.69, 9.17) is 11.5 Å². The van der Waals surface area contributed by atoms with E-state index >= 15 is 0 Å². The SMILES string of the molecule is NC(=O)c1cccc(OCC(F)(F)F)c1N. The van der Waals surface area contributed by atoms with E-state index in [0.29, 0.717) is 0 Å². The maximum atomic E-state index is 11.9. The highest BCUT2D eigenvalue weighted by Gasteiger charge is 2.29. The van der Waals surface area contributed by atoms with Crippen molar-refractivity contribution in [2.45, 2.75) is 6.18 Å². The molecule has 0 bridgehead atoms. The second-order valence-electron chi connectivity index (χ2n) is 2.99. The van der Waals surface area contributed by atoms with Gasteiger partial charge in [0.15, 0.2) is 6.61 Å². The molecule has 0 saturated carbocycles. The molecule has 1 aromatic rings. The zero-order chi connectivity index (χ0) is 12.3. The molecule has 1 amide bonds. The number of primary amides is 1. The Labute approximate surface area is 89.0 Å². The van der Waals surface area contributed by atoms with Crippen molar-refractivity contribution in [3.63, 3.8) is 0 Å². The Balaban J connectivity index is 2.90. The lowest BCUT2D eigenvalue weighted by Gasteiger charge is -2.12. The van der Waals surface area contributed by atoms with E-state index < -0.39 is 18.7 Å². The fraction of sp³-hybridized carbons (Fsp3) is 0.222. The predicted molar refractivity (Wildman–Crippen MR) is 50.9 cm³/mol. The number of rotatable bonds is 3. The molecule has 0 aromatic heterocycles. The summed E-state index contributed by atoms with van der Waals surface area (Å²) in [5, 5.41) is 0. The fourth-order valence-electron chi connectivity index (χ4n) is 1.04. The number of alkyl halides is 3. The number of para-hydroxylation sites is 1. The lowest BCUT2D eigenvalue weighted by atomic mass is 10.1. The fourth-order valence-corrected chi connectivity index (χ4v) is 1.04. The van der Waals surface area contributed by atoms with Gasteiger partial charge in [-0.05, 0) is 12.1 Å². The topological polar surface area (TPSA) is 78.3 Å². The van der Waals surface area contributed by atoms with Crippen LogP contribution in [0.25, 0.3) is 0 Å². The summed E-state index contributed by atoms with van der Waals surface area (Å²) in [5.41, 5.74) is 10.1. The van der Waals surface area contributed by atoms with Gasteiger partial charge in [-0.15, -0.1) is 0 Å². The van der Waals surface area contributed by atoms with Crippen molar-refractivity contribution >= 4 is 11.6 Å². The van der Waals surface area contributed by atoms with Crippen molar-refractivity contribution in [1.82, 2.24) is 0 Å². The number of carbonyl (C=O) groups is 1. The largest absolute Gasteiger partial charge is 0.482 e. The molecule has 0 heterocycles. The molecular formula is C9H9F3N2O2. The van der Waals surface area contributed by atoms with E-state index in [0.717, 1.165) is 0 Å². The van der Waals surface area contributed by atoms with Crippen LogP contribution in [-0.2, 0) is 0 Å². The van der Waals surface area contributed by atoms with Crippen LogP contribution in [0.4, 0.5) is 18.9 Å². The van der Waals surface area contributed by atoms with Gasteiger partial charge >= 0.3 is 6.18 Å². The van der Waals surface area contributed by atoms with Crippen LogP contribution in [0.3, 0.4) is 0 Å². The van der Waals surface area contributed by atoms with E-state index in [2.05, 4.69) is 4.74 Å². The number of halogens is 3. The summed E-state index contributed by atoms with van der Waals surface area (Å²) in [4.78, 5) is 10.8. The van der Waals surface area contributed by atoms with Crippen molar-refractivity contribution in [2.75, 3.05) is 12.3 Å². The number of ether oxygens (including phenoxy) is 1. The van der Waals surface area contributed by atoms with Crippen LogP contribution in [0.2, 0.25) is 0 Å². The molecular weight excluding hydrogens is 225 g/mol. The van der Waals surface area contributed by atoms with Crippen molar-refractivity contribution in [2.24, 2.45) is 5.73 Å². The number of carbonyl (C=O) groups excluding carboxylic acids is 1. The molecule has 0 fully saturated rings. The smallest absolute Gasteiger partial charge is 0.422 e. The minimum atomic E-state index is -4.46. The number of nitrogen functional groups attached to an aromatic ring is 1. The molecule has 0 aliphatic rings. The normalized spacial score (nSPS) is 11.2. The van der Waals surface area contributed by atoms with Gasteiger partial charge in [-0.1, -0.05) is 6.07 Å². The molecule has 0 saturated heterocycles. The second-order valence-corrected chi connectivity index (χ2v) is 2.99. The summed E-state index contributed by atoms with van der Waals surface area (Å²) in [6, 6.07) is 3.87. The quantitative estimate of drug-likeness (QED) is 0.774. The van der Waals surface area contributed by atoms with Crippen LogP contribution in [0, 0.1) is 0 Å². The Morgan fingerprint density at radius 1 is 1.38 bits per heavy atom. The number of hydrogen-bond donors (Lipinski definition) is 2. The minimum absolute atomic E-state index is 0.0697. The monoisotopic (exact) mass is 234 g/mol. The standard InChI is InChI=1S/C9H9F3N2O2/c10-9(11,12)4-16-6-3-1-2-5(7(6)13)8(14)15/h1-3H,4,13H2,(H2,14,15). The Hall–Kier alpha value is -1.92. The van der Waals surface area contributed by atoms with Gasteiger partial charge in [0.25, 0.3) is 5.91 Å². The van der Waals surface area contributed by atoms with Crippen LogP contribution in [-0.4, -0.2) is 18.7 Å². The Morgan fingerprint density at radius 3 is 2.50 bits per heavy atom. The Kier molecular flexibility index (Phi) is 3.26. The first kappa shape index (κ1) is 12.2. The van der Waals surface area contributed by atoms with Crippen molar-refractivity contribution in [3.8, 4) is 5.75 Å². The molecule has 0 radical (unpaired) electrons. The lowest BCUT2D eigenvalue weighted by Crippen LogP contribution is -2.20. The molecule has 88 valence electrons. The van der Waals surface area contributed by atoms with E-state index in [1.807, 2.05) is 0 Å². The van der Waals surface area contributed by atoms with Gasteiger partial charge in [-0.25, -0.2) is 0 Å². The molecule has 0 atom stereocenters. The van der Waals surface area contributed by atoms with Gasteiger partial charge in [-0.2, -0.15) is 13.2 Å². The highest BCUT2D eigenvalue weighted by atomic mass is 19.4. The van der Waals surface area contributed by atoms with Gasteiger partial charge in [0.05, 0.1) is 11.3 Å². The lowest BCUT2D eigenvalue weighted by molar-refractivity contribution is -0.153. The number of amides is 1. The third-order valence-electron chi connectivity index (χ3n) is 1.72. The van der Waals surface area contributed by atoms with Crippen LogP contribution >= 0.6 is 0 Å².